The number of unbranched alkanes of at least 4 members (excludes halogenated alkanes) is 1. The lowest BCUT2D eigenvalue weighted by atomic mass is 9.55. The molecule has 0 saturated heterocycles. The lowest BCUT2D eigenvalue weighted by molar-refractivity contribution is -0.157. The molecule has 0 bridgehead atoms. The number of benzene rings is 1. The topological polar surface area (TPSA) is 46.5 Å². The molecule has 26 heavy (non-hydrogen) atoms. The SMILES string of the molecule is CCCCC(=O)O[C@@H]1CC[C@@H]2[C@@H]3CCc4cc(O)ccc4[C@@H]3CC[C@]21C. The van der Waals surface area contributed by atoms with Crippen LogP contribution in [0, 0.1) is 17.3 Å². The molecule has 0 aromatic heterocycles. The second-order valence-corrected chi connectivity index (χ2v) is 9.00. The van der Waals surface area contributed by atoms with Gasteiger partial charge in [0.25, 0.3) is 0 Å². The van der Waals surface area contributed by atoms with Crippen LogP contribution < -0.4 is 0 Å². The van der Waals surface area contributed by atoms with Crippen molar-refractivity contribution in [1.29, 1.82) is 0 Å². The maximum Gasteiger partial charge on any atom is 0.306 e. The molecule has 0 spiro atoms. The number of hydrogen-bond donors (Lipinski definition) is 1. The average molecular weight is 357 g/mol. The summed E-state index contributed by atoms with van der Waals surface area (Å²) in [5, 5.41) is 9.81. The summed E-state index contributed by atoms with van der Waals surface area (Å²) in [5.41, 5.74) is 2.96. The molecule has 5 atom stereocenters. The average Bonchev–Trinajstić information content (AvgIpc) is 2.96. The highest BCUT2D eigenvalue weighted by molar-refractivity contribution is 5.69. The van der Waals surface area contributed by atoms with Gasteiger partial charge in [-0.2, -0.15) is 0 Å². The fraction of sp³-hybridized carbons (Fsp3) is 0.696. The Balaban J connectivity index is 1.51. The van der Waals surface area contributed by atoms with Crippen LogP contribution in [0.4, 0.5) is 0 Å². The van der Waals surface area contributed by atoms with Gasteiger partial charge in [-0.3, -0.25) is 4.79 Å². The van der Waals surface area contributed by atoms with Gasteiger partial charge in [-0.25, -0.2) is 0 Å². The number of phenols is 1. The van der Waals surface area contributed by atoms with Crippen molar-refractivity contribution in [3.05, 3.63) is 29.3 Å². The molecular formula is C23H32O3. The normalized spacial score (nSPS) is 35.3. The molecule has 1 aromatic rings. The highest BCUT2D eigenvalue weighted by Crippen LogP contribution is 2.61. The molecule has 0 unspecified atom stereocenters. The van der Waals surface area contributed by atoms with Crippen LogP contribution >= 0.6 is 0 Å². The fourth-order valence-corrected chi connectivity index (χ4v) is 6.25. The van der Waals surface area contributed by atoms with Crippen molar-refractivity contribution in [1.82, 2.24) is 0 Å². The molecule has 3 aliphatic carbocycles. The number of esters is 1. The predicted molar refractivity (Wildman–Crippen MR) is 102 cm³/mol. The van der Waals surface area contributed by atoms with E-state index in [1.54, 1.807) is 0 Å². The van der Waals surface area contributed by atoms with Crippen LogP contribution in [-0.2, 0) is 16.0 Å². The molecule has 0 radical (unpaired) electrons. The van der Waals surface area contributed by atoms with Crippen molar-refractivity contribution in [2.45, 2.75) is 83.7 Å². The summed E-state index contributed by atoms with van der Waals surface area (Å²) in [5.74, 6) is 2.37. The van der Waals surface area contributed by atoms with E-state index in [1.165, 1.54) is 30.4 Å². The molecule has 0 heterocycles. The Morgan fingerprint density at radius 2 is 2.12 bits per heavy atom. The van der Waals surface area contributed by atoms with Gasteiger partial charge in [0.05, 0.1) is 0 Å². The molecule has 0 amide bonds. The maximum absolute atomic E-state index is 12.2. The van der Waals surface area contributed by atoms with Crippen LogP contribution in [0.25, 0.3) is 0 Å². The second-order valence-electron chi connectivity index (χ2n) is 9.00. The standard InChI is InChI=1S/C23H32O3/c1-3-4-5-22(25)26-21-11-10-20-19-8-6-15-14-16(24)7-9-17(15)18(19)12-13-23(20,21)2/h7,9,14,18-21,24H,3-6,8,10-13H2,1-2H3/t18-,19+,20+,21+,23+/m0/s1. The van der Waals surface area contributed by atoms with Crippen molar-refractivity contribution in [2.75, 3.05) is 0 Å². The van der Waals surface area contributed by atoms with Gasteiger partial charge in [-0.1, -0.05) is 26.3 Å². The highest BCUT2D eigenvalue weighted by Gasteiger charge is 2.56. The number of carbonyl (C=O) groups is 1. The summed E-state index contributed by atoms with van der Waals surface area (Å²) in [4.78, 5) is 12.2. The largest absolute Gasteiger partial charge is 0.508 e. The Labute approximate surface area is 157 Å². The van der Waals surface area contributed by atoms with Crippen LogP contribution in [0.3, 0.4) is 0 Å². The third kappa shape index (κ3) is 2.93. The molecule has 3 nitrogen and oxygen atoms in total. The number of ether oxygens (including phenoxy) is 1. The molecule has 2 fully saturated rings. The summed E-state index contributed by atoms with van der Waals surface area (Å²) in [6.45, 7) is 4.49. The van der Waals surface area contributed by atoms with E-state index in [1.807, 2.05) is 12.1 Å². The van der Waals surface area contributed by atoms with E-state index in [0.29, 0.717) is 29.9 Å². The smallest absolute Gasteiger partial charge is 0.306 e. The third-order valence-corrected chi connectivity index (χ3v) is 7.63. The van der Waals surface area contributed by atoms with Crippen molar-refractivity contribution in [3.63, 3.8) is 0 Å². The van der Waals surface area contributed by atoms with Crippen LogP contribution in [0.5, 0.6) is 5.75 Å². The maximum atomic E-state index is 12.2. The molecular weight excluding hydrogens is 324 g/mol. The Morgan fingerprint density at radius 3 is 2.92 bits per heavy atom. The number of fused-ring (bicyclic) bond motifs is 5. The molecule has 142 valence electrons. The molecule has 3 heteroatoms. The van der Waals surface area contributed by atoms with Gasteiger partial charge in [0.1, 0.15) is 11.9 Å². The zero-order valence-electron chi connectivity index (χ0n) is 16.2. The lowest BCUT2D eigenvalue weighted by Crippen LogP contribution is -2.45. The van der Waals surface area contributed by atoms with Gasteiger partial charge >= 0.3 is 5.97 Å². The lowest BCUT2D eigenvalue weighted by Gasteiger charge is -2.50. The van der Waals surface area contributed by atoms with Crippen LogP contribution in [0.1, 0.15) is 82.3 Å². The Kier molecular flexibility index (Phi) is 4.75. The van der Waals surface area contributed by atoms with Gasteiger partial charge in [0.2, 0.25) is 0 Å². The zero-order valence-corrected chi connectivity index (χ0v) is 16.2. The summed E-state index contributed by atoms with van der Waals surface area (Å²) in [6.07, 6.45) is 9.47. The summed E-state index contributed by atoms with van der Waals surface area (Å²) in [7, 11) is 0. The highest BCUT2D eigenvalue weighted by atomic mass is 16.5. The van der Waals surface area contributed by atoms with Gasteiger partial charge in [-0.15, -0.1) is 0 Å². The Bertz CT molecular complexity index is 682. The van der Waals surface area contributed by atoms with Crippen LogP contribution in [0.15, 0.2) is 18.2 Å². The summed E-state index contributed by atoms with van der Waals surface area (Å²) >= 11 is 0. The van der Waals surface area contributed by atoms with Crippen molar-refractivity contribution >= 4 is 5.97 Å². The van der Waals surface area contributed by atoms with E-state index in [0.717, 1.165) is 32.1 Å². The Morgan fingerprint density at radius 1 is 1.27 bits per heavy atom. The van der Waals surface area contributed by atoms with Crippen molar-refractivity contribution < 1.29 is 14.6 Å². The molecule has 0 aliphatic heterocycles. The molecule has 4 rings (SSSR count). The van der Waals surface area contributed by atoms with E-state index in [-0.39, 0.29) is 17.5 Å². The van der Waals surface area contributed by atoms with Gasteiger partial charge in [0, 0.05) is 11.8 Å². The van der Waals surface area contributed by atoms with E-state index < -0.39 is 0 Å². The van der Waals surface area contributed by atoms with Gasteiger partial charge in [0.15, 0.2) is 0 Å². The number of phenolic OH excluding ortho intramolecular Hbond substituents is 1. The van der Waals surface area contributed by atoms with E-state index >= 15 is 0 Å². The minimum absolute atomic E-state index is 0.00492. The van der Waals surface area contributed by atoms with Crippen LogP contribution in [-0.4, -0.2) is 17.2 Å². The van der Waals surface area contributed by atoms with E-state index in [4.69, 9.17) is 4.74 Å². The Hall–Kier alpha value is -1.51. The van der Waals surface area contributed by atoms with Gasteiger partial charge in [-0.05, 0) is 86.0 Å². The summed E-state index contributed by atoms with van der Waals surface area (Å²) in [6, 6.07) is 5.97. The number of carbonyl (C=O) groups excluding carboxylic acids is 1. The quantitative estimate of drug-likeness (QED) is 0.740. The zero-order chi connectivity index (χ0) is 18.3. The van der Waals surface area contributed by atoms with E-state index in [2.05, 4.69) is 19.9 Å². The number of aromatic hydroxyl groups is 1. The minimum atomic E-state index is 0.00492. The fourth-order valence-electron chi connectivity index (χ4n) is 6.25. The van der Waals surface area contributed by atoms with E-state index in [9.17, 15) is 9.90 Å². The first-order chi connectivity index (χ1) is 12.5. The molecule has 1 N–H and O–H groups in total. The molecule has 1 aromatic carbocycles. The molecule has 2 saturated carbocycles. The first kappa shape index (κ1) is 17.9. The van der Waals surface area contributed by atoms with Crippen molar-refractivity contribution in [3.8, 4) is 5.75 Å². The monoisotopic (exact) mass is 356 g/mol. The number of hydrogen-bond acceptors (Lipinski definition) is 3. The van der Waals surface area contributed by atoms with Gasteiger partial charge < -0.3 is 9.84 Å². The molecule has 3 aliphatic rings. The first-order valence-corrected chi connectivity index (χ1v) is 10.5. The summed E-state index contributed by atoms with van der Waals surface area (Å²) < 4.78 is 5.98. The first-order valence-electron chi connectivity index (χ1n) is 10.5. The minimum Gasteiger partial charge on any atom is -0.508 e. The van der Waals surface area contributed by atoms with Crippen LogP contribution in [0.2, 0.25) is 0 Å². The predicted octanol–water partition coefficient (Wildman–Crippen LogP) is 5.35. The van der Waals surface area contributed by atoms with Crippen molar-refractivity contribution in [2.24, 2.45) is 17.3 Å². The second kappa shape index (κ2) is 6.90. The number of aryl methyl sites for hydroxylation is 1. The third-order valence-electron chi connectivity index (χ3n) is 7.63. The number of rotatable bonds is 4.